The van der Waals surface area contributed by atoms with Crippen molar-refractivity contribution >= 4 is 0 Å². The maximum absolute atomic E-state index is 3.83. The van der Waals surface area contributed by atoms with Crippen LogP contribution in [0.2, 0.25) is 0 Å². The second-order valence-corrected chi connectivity index (χ2v) is 7.06. The third-order valence-electron chi connectivity index (χ3n) is 5.46. The summed E-state index contributed by atoms with van der Waals surface area (Å²) >= 11 is 0. The number of likely N-dealkylation sites (N-methyl/N-ethyl adjacent to an activating group) is 1. The van der Waals surface area contributed by atoms with Crippen molar-refractivity contribution in [2.75, 3.05) is 39.8 Å². The lowest BCUT2D eigenvalue weighted by atomic mass is 9.79. The maximum Gasteiger partial charge on any atom is 0.0193 e. The van der Waals surface area contributed by atoms with Gasteiger partial charge in [0.1, 0.15) is 0 Å². The van der Waals surface area contributed by atoms with E-state index in [1.807, 2.05) is 0 Å². The average Bonchev–Trinajstić information content (AvgIpc) is 2.40. The van der Waals surface area contributed by atoms with Crippen LogP contribution < -0.4 is 5.32 Å². The minimum absolute atomic E-state index is 0.684. The molecule has 1 saturated carbocycles. The number of hydrogen-bond donors (Lipinski definition) is 1. The SMILES string of the molecule is C[C@@H]1CC[C@H](NC[C@H](C)N2CCN(C)CC2)C[C@H]1C. The van der Waals surface area contributed by atoms with Crippen LogP contribution in [0.4, 0.5) is 0 Å². The first-order valence-corrected chi connectivity index (χ1v) is 8.22. The molecule has 0 unspecified atom stereocenters. The summed E-state index contributed by atoms with van der Waals surface area (Å²) in [6.45, 7) is 13.3. The molecular weight excluding hydrogens is 234 g/mol. The fourth-order valence-electron chi connectivity index (χ4n) is 3.46. The van der Waals surface area contributed by atoms with Gasteiger partial charge >= 0.3 is 0 Å². The van der Waals surface area contributed by atoms with E-state index in [1.165, 1.54) is 45.4 Å². The summed E-state index contributed by atoms with van der Waals surface area (Å²) in [5.41, 5.74) is 0. The summed E-state index contributed by atoms with van der Waals surface area (Å²) in [5.74, 6) is 1.82. The Balaban J connectivity index is 1.67. The van der Waals surface area contributed by atoms with Gasteiger partial charge in [-0.25, -0.2) is 0 Å². The van der Waals surface area contributed by atoms with Crippen molar-refractivity contribution in [1.29, 1.82) is 0 Å². The van der Waals surface area contributed by atoms with Crippen molar-refractivity contribution in [2.45, 2.75) is 52.1 Å². The largest absolute Gasteiger partial charge is 0.312 e. The Labute approximate surface area is 119 Å². The van der Waals surface area contributed by atoms with Crippen molar-refractivity contribution in [3.8, 4) is 0 Å². The number of hydrogen-bond acceptors (Lipinski definition) is 3. The van der Waals surface area contributed by atoms with Gasteiger partial charge in [0.15, 0.2) is 0 Å². The molecule has 1 N–H and O–H groups in total. The van der Waals surface area contributed by atoms with Gasteiger partial charge in [-0.15, -0.1) is 0 Å². The summed E-state index contributed by atoms with van der Waals surface area (Å²) < 4.78 is 0. The molecule has 0 aromatic heterocycles. The first kappa shape index (κ1) is 15.3. The molecule has 0 aromatic rings. The molecule has 2 fully saturated rings. The summed E-state index contributed by atoms with van der Waals surface area (Å²) in [7, 11) is 2.23. The van der Waals surface area contributed by atoms with Gasteiger partial charge in [-0.3, -0.25) is 4.90 Å². The van der Waals surface area contributed by atoms with Crippen LogP contribution in [0.1, 0.15) is 40.0 Å². The standard InChI is InChI=1S/C16H33N3/c1-13-5-6-16(11-14(13)2)17-12-15(3)19-9-7-18(4)8-10-19/h13-17H,5-12H2,1-4H3/t13-,14-,15+,16+/m1/s1. The van der Waals surface area contributed by atoms with Crippen LogP contribution in [0.25, 0.3) is 0 Å². The average molecular weight is 267 g/mol. The van der Waals surface area contributed by atoms with Crippen molar-refractivity contribution in [2.24, 2.45) is 11.8 Å². The number of piperazine rings is 1. The Morgan fingerprint density at radius 2 is 1.74 bits per heavy atom. The maximum atomic E-state index is 3.83. The predicted molar refractivity (Wildman–Crippen MR) is 82.5 cm³/mol. The van der Waals surface area contributed by atoms with Crippen LogP contribution >= 0.6 is 0 Å². The third-order valence-corrected chi connectivity index (χ3v) is 5.46. The van der Waals surface area contributed by atoms with E-state index in [1.54, 1.807) is 0 Å². The minimum atomic E-state index is 0.684. The van der Waals surface area contributed by atoms with Gasteiger partial charge in [0.25, 0.3) is 0 Å². The Hall–Kier alpha value is -0.120. The van der Waals surface area contributed by atoms with E-state index >= 15 is 0 Å². The molecule has 0 aromatic carbocycles. The first-order valence-electron chi connectivity index (χ1n) is 8.22. The van der Waals surface area contributed by atoms with E-state index in [0.717, 1.165) is 24.4 Å². The van der Waals surface area contributed by atoms with E-state index in [9.17, 15) is 0 Å². The van der Waals surface area contributed by atoms with Crippen molar-refractivity contribution < 1.29 is 0 Å². The molecule has 1 heterocycles. The van der Waals surface area contributed by atoms with Crippen LogP contribution in [0, 0.1) is 11.8 Å². The summed E-state index contributed by atoms with van der Waals surface area (Å²) in [6.07, 6.45) is 4.15. The zero-order valence-electron chi connectivity index (χ0n) is 13.4. The molecule has 1 saturated heterocycles. The molecule has 2 rings (SSSR count). The molecule has 112 valence electrons. The predicted octanol–water partition coefficient (Wildman–Crippen LogP) is 2.04. The smallest absolute Gasteiger partial charge is 0.0193 e. The molecule has 0 amide bonds. The van der Waals surface area contributed by atoms with Crippen LogP contribution in [-0.4, -0.2) is 61.7 Å². The highest BCUT2D eigenvalue weighted by Crippen LogP contribution is 2.29. The summed E-state index contributed by atoms with van der Waals surface area (Å²) in [4.78, 5) is 5.07. The Kier molecular flexibility index (Phi) is 5.67. The lowest BCUT2D eigenvalue weighted by Gasteiger charge is -2.38. The molecular formula is C16H33N3. The Bertz CT molecular complexity index is 261. The van der Waals surface area contributed by atoms with Crippen LogP contribution in [-0.2, 0) is 0 Å². The number of rotatable bonds is 4. The normalized spacial score (nSPS) is 36.3. The second kappa shape index (κ2) is 7.05. The van der Waals surface area contributed by atoms with Gasteiger partial charge in [-0.05, 0) is 45.1 Å². The van der Waals surface area contributed by atoms with E-state index < -0.39 is 0 Å². The van der Waals surface area contributed by atoms with E-state index in [2.05, 4.69) is 42.9 Å². The highest BCUT2D eigenvalue weighted by molar-refractivity contribution is 4.82. The molecule has 0 bridgehead atoms. The van der Waals surface area contributed by atoms with Gasteiger partial charge in [0.2, 0.25) is 0 Å². The van der Waals surface area contributed by atoms with Gasteiger partial charge in [-0.1, -0.05) is 13.8 Å². The Morgan fingerprint density at radius 1 is 1.05 bits per heavy atom. The topological polar surface area (TPSA) is 18.5 Å². The first-order chi connectivity index (χ1) is 9.06. The molecule has 19 heavy (non-hydrogen) atoms. The van der Waals surface area contributed by atoms with E-state index in [4.69, 9.17) is 0 Å². The molecule has 1 aliphatic carbocycles. The van der Waals surface area contributed by atoms with Gasteiger partial charge < -0.3 is 10.2 Å². The second-order valence-electron chi connectivity index (χ2n) is 7.06. The van der Waals surface area contributed by atoms with E-state index in [0.29, 0.717) is 6.04 Å². The fourth-order valence-corrected chi connectivity index (χ4v) is 3.46. The number of nitrogens with one attached hydrogen (secondary N) is 1. The fraction of sp³-hybridized carbons (Fsp3) is 1.00. The van der Waals surface area contributed by atoms with Crippen LogP contribution in [0.3, 0.4) is 0 Å². The van der Waals surface area contributed by atoms with Crippen LogP contribution in [0.15, 0.2) is 0 Å². The minimum Gasteiger partial charge on any atom is -0.312 e. The van der Waals surface area contributed by atoms with Gasteiger partial charge in [0, 0.05) is 44.8 Å². The van der Waals surface area contributed by atoms with Crippen molar-refractivity contribution in [3.63, 3.8) is 0 Å². The molecule has 2 aliphatic rings. The van der Waals surface area contributed by atoms with Gasteiger partial charge in [0.05, 0.1) is 0 Å². The summed E-state index contributed by atoms with van der Waals surface area (Å²) in [5, 5.41) is 3.83. The van der Waals surface area contributed by atoms with Crippen molar-refractivity contribution in [3.05, 3.63) is 0 Å². The molecule has 4 atom stereocenters. The summed E-state index contributed by atoms with van der Waals surface area (Å²) in [6, 6.07) is 1.45. The highest BCUT2D eigenvalue weighted by Gasteiger charge is 2.25. The lowest BCUT2D eigenvalue weighted by molar-refractivity contribution is 0.113. The van der Waals surface area contributed by atoms with Crippen molar-refractivity contribution in [1.82, 2.24) is 15.1 Å². The highest BCUT2D eigenvalue weighted by atomic mass is 15.3. The third kappa shape index (κ3) is 4.44. The zero-order chi connectivity index (χ0) is 13.8. The van der Waals surface area contributed by atoms with Crippen LogP contribution in [0.5, 0.6) is 0 Å². The monoisotopic (exact) mass is 267 g/mol. The van der Waals surface area contributed by atoms with Gasteiger partial charge in [-0.2, -0.15) is 0 Å². The lowest BCUT2D eigenvalue weighted by Crippen LogP contribution is -2.52. The molecule has 3 nitrogen and oxygen atoms in total. The Morgan fingerprint density at radius 3 is 2.37 bits per heavy atom. The molecule has 1 aliphatic heterocycles. The molecule has 0 radical (unpaired) electrons. The molecule has 0 spiro atoms. The zero-order valence-corrected chi connectivity index (χ0v) is 13.4. The van der Waals surface area contributed by atoms with E-state index in [-0.39, 0.29) is 0 Å². The number of nitrogens with zero attached hydrogens (tertiary/aromatic N) is 2. The quantitative estimate of drug-likeness (QED) is 0.841. The molecule has 3 heteroatoms.